The van der Waals surface area contributed by atoms with Crippen molar-refractivity contribution in [3.63, 3.8) is 0 Å². The van der Waals surface area contributed by atoms with Gasteiger partial charge in [0.25, 0.3) is 0 Å². The lowest BCUT2D eigenvalue weighted by Gasteiger charge is -2.15. The molecule has 0 aromatic carbocycles. The van der Waals surface area contributed by atoms with Gasteiger partial charge in [-0.2, -0.15) is 0 Å². The standard InChI is InChI=1S/C20H32O3/c1-6-9-10-16(7-2)11-15(4)12-18-13-17(8-3)19(23-18)14-20(21)22-5/h9-10,13,15-16H,6-8,11-12,14H2,1-5H3/b10-9+/t15-,16+/m0/s1. The largest absolute Gasteiger partial charge is 0.469 e. The molecule has 0 spiro atoms. The van der Waals surface area contributed by atoms with Gasteiger partial charge < -0.3 is 9.15 Å². The molecule has 0 N–H and O–H groups in total. The Kier molecular flexibility index (Phi) is 8.75. The Morgan fingerprint density at radius 1 is 1.35 bits per heavy atom. The van der Waals surface area contributed by atoms with Gasteiger partial charge in [-0.25, -0.2) is 0 Å². The van der Waals surface area contributed by atoms with E-state index >= 15 is 0 Å². The Balaban J connectivity index is 2.68. The summed E-state index contributed by atoms with van der Waals surface area (Å²) in [5.74, 6) is 2.70. The molecule has 130 valence electrons. The summed E-state index contributed by atoms with van der Waals surface area (Å²) in [7, 11) is 1.41. The van der Waals surface area contributed by atoms with Crippen molar-refractivity contribution >= 4 is 5.97 Å². The average molecular weight is 320 g/mol. The van der Waals surface area contributed by atoms with Gasteiger partial charge in [-0.15, -0.1) is 0 Å². The predicted octanol–water partition coefficient (Wildman–Crippen LogP) is 5.12. The fourth-order valence-corrected chi connectivity index (χ4v) is 2.93. The average Bonchev–Trinajstić information content (AvgIpc) is 2.92. The maximum Gasteiger partial charge on any atom is 0.313 e. The zero-order chi connectivity index (χ0) is 17.2. The van der Waals surface area contributed by atoms with Gasteiger partial charge in [-0.3, -0.25) is 4.79 Å². The van der Waals surface area contributed by atoms with Crippen molar-refractivity contribution < 1.29 is 13.9 Å². The van der Waals surface area contributed by atoms with E-state index in [1.54, 1.807) is 0 Å². The molecular weight excluding hydrogens is 288 g/mol. The van der Waals surface area contributed by atoms with Crippen molar-refractivity contribution in [2.75, 3.05) is 7.11 Å². The van der Waals surface area contributed by atoms with Crippen LogP contribution < -0.4 is 0 Å². The number of methoxy groups -OCH3 is 1. The second kappa shape index (κ2) is 10.3. The molecule has 0 saturated carbocycles. The van der Waals surface area contributed by atoms with E-state index in [-0.39, 0.29) is 12.4 Å². The van der Waals surface area contributed by atoms with E-state index in [9.17, 15) is 4.79 Å². The van der Waals surface area contributed by atoms with Crippen LogP contribution in [0.1, 0.15) is 64.0 Å². The maximum absolute atomic E-state index is 11.5. The lowest BCUT2D eigenvalue weighted by molar-refractivity contribution is -0.140. The number of furan rings is 1. The van der Waals surface area contributed by atoms with Crippen molar-refractivity contribution in [2.45, 2.75) is 66.2 Å². The first-order valence-corrected chi connectivity index (χ1v) is 8.87. The Morgan fingerprint density at radius 3 is 2.65 bits per heavy atom. The molecule has 2 atom stereocenters. The Morgan fingerprint density at radius 2 is 2.09 bits per heavy atom. The van der Waals surface area contributed by atoms with E-state index in [0.717, 1.165) is 36.3 Å². The third-order valence-electron chi connectivity index (χ3n) is 4.28. The highest BCUT2D eigenvalue weighted by molar-refractivity contribution is 5.72. The zero-order valence-corrected chi connectivity index (χ0v) is 15.4. The van der Waals surface area contributed by atoms with Crippen LogP contribution in [0, 0.1) is 11.8 Å². The van der Waals surface area contributed by atoms with Crippen LogP contribution in [0.4, 0.5) is 0 Å². The first kappa shape index (κ1) is 19.5. The molecule has 0 bridgehead atoms. The molecule has 0 fully saturated rings. The molecule has 0 unspecified atom stereocenters. The Hall–Kier alpha value is -1.51. The molecule has 0 aliphatic heterocycles. The Bertz CT molecular complexity index is 499. The number of rotatable bonds is 10. The number of carbonyl (C=O) groups is 1. The van der Waals surface area contributed by atoms with E-state index in [4.69, 9.17) is 9.15 Å². The highest BCUT2D eigenvalue weighted by Crippen LogP contribution is 2.24. The van der Waals surface area contributed by atoms with Crippen LogP contribution in [-0.4, -0.2) is 13.1 Å². The summed E-state index contributed by atoms with van der Waals surface area (Å²) in [5, 5.41) is 0. The molecule has 1 heterocycles. The molecule has 1 aromatic rings. The summed E-state index contributed by atoms with van der Waals surface area (Å²) in [6.45, 7) is 8.77. The minimum atomic E-state index is -0.246. The first-order chi connectivity index (χ1) is 11.0. The smallest absolute Gasteiger partial charge is 0.313 e. The summed E-state index contributed by atoms with van der Waals surface area (Å²) < 4.78 is 10.7. The van der Waals surface area contributed by atoms with Crippen LogP contribution in [-0.2, 0) is 28.8 Å². The molecule has 1 rings (SSSR count). The van der Waals surface area contributed by atoms with Gasteiger partial charge in [0.05, 0.1) is 7.11 Å². The molecule has 3 heteroatoms. The summed E-state index contributed by atoms with van der Waals surface area (Å²) in [5.41, 5.74) is 1.12. The number of hydrogen-bond acceptors (Lipinski definition) is 3. The minimum Gasteiger partial charge on any atom is -0.469 e. The number of carbonyl (C=O) groups excluding carboxylic acids is 1. The predicted molar refractivity (Wildman–Crippen MR) is 94.5 cm³/mol. The molecule has 3 nitrogen and oxygen atoms in total. The lowest BCUT2D eigenvalue weighted by Crippen LogP contribution is -2.06. The van der Waals surface area contributed by atoms with E-state index in [2.05, 4.69) is 45.9 Å². The molecule has 0 radical (unpaired) electrons. The first-order valence-electron chi connectivity index (χ1n) is 8.87. The molecule has 1 aromatic heterocycles. The second-order valence-electron chi connectivity index (χ2n) is 6.32. The summed E-state index contributed by atoms with van der Waals surface area (Å²) in [4.78, 5) is 11.5. The molecule has 0 amide bonds. The molecule has 0 saturated heterocycles. The third kappa shape index (κ3) is 6.64. The number of aryl methyl sites for hydroxylation is 1. The van der Waals surface area contributed by atoms with E-state index < -0.39 is 0 Å². The second-order valence-corrected chi connectivity index (χ2v) is 6.32. The van der Waals surface area contributed by atoms with Gasteiger partial charge in [0.2, 0.25) is 0 Å². The number of ether oxygens (including phenoxy) is 1. The highest BCUT2D eigenvalue weighted by atomic mass is 16.5. The van der Waals surface area contributed by atoms with Gasteiger partial charge >= 0.3 is 5.97 Å². The Labute approximate surface area is 141 Å². The van der Waals surface area contributed by atoms with E-state index in [0.29, 0.717) is 11.8 Å². The fourth-order valence-electron chi connectivity index (χ4n) is 2.93. The summed E-state index contributed by atoms with van der Waals surface area (Å²) in [6.07, 6.45) is 10.1. The highest BCUT2D eigenvalue weighted by Gasteiger charge is 2.17. The van der Waals surface area contributed by atoms with Gasteiger partial charge in [-0.05, 0) is 49.1 Å². The lowest BCUT2D eigenvalue weighted by atomic mass is 9.90. The monoisotopic (exact) mass is 320 g/mol. The zero-order valence-electron chi connectivity index (χ0n) is 15.4. The van der Waals surface area contributed by atoms with Crippen molar-refractivity contribution in [3.05, 3.63) is 35.3 Å². The van der Waals surface area contributed by atoms with Gasteiger partial charge in [-0.1, -0.05) is 39.8 Å². The van der Waals surface area contributed by atoms with Gasteiger partial charge in [0, 0.05) is 6.42 Å². The van der Waals surface area contributed by atoms with Crippen LogP contribution in [0.3, 0.4) is 0 Å². The summed E-state index contributed by atoms with van der Waals surface area (Å²) in [6, 6.07) is 2.11. The third-order valence-corrected chi connectivity index (χ3v) is 4.28. The van der Waals surface area contributed by atoms with Crippen LogP contribution in [0.25, 0.3) is 0 Å². The number of hydrogen-bond donors (Lipinski definition) is 0. The van der Waals surface area contributed by atoms with Crippen LogP contribution in [0.15, 0.2) is 22.6 Å². The molecular formula is C20H32O3. The topological polar surface area (TPSA) is 39.4 Å². The number of allylic oxidation sites excluding steroid dienone is 2. The van der Waals surface area contributed by atoms with Crippen molar-refractivity contribution in [3.8, 4) is 0 Å². The van der Waals surface area contributed by atoms with Crippen molar-refractivity contribution in [1.82, 2.24) is 0 Å². The fraction of sp³-hybridized carbons (Fsp3) is 0.650. The number of esters is 1. The minimum absolute atomic E-state index is 0.227. The van der Waals surface area contributed by atoms with Crippen LogP contribution in [0.5, 0.6) is 0 Å². The normalized spacial score (nSPS) is 14.1. The summed E-state index contributed by atoms with van der Waals surface area (Å²) >= 11 is 0. The van der Waals surface area contributed by atoms with E-state index in [1.807, 2.05) is 0 Å². The molecule has 23 heavy (non-hydrogen) atoms. The van der Waals surface area contributed by atoms with Crippen molar-refractivity contribution in [1.29, 1.82) is 0 Å². The molecule has 0 aliphatic rings. The quantitative estimate of drug-likeness (QED) is 0.444. The van der Waals surface area contributed by atoms with Gasteiger partial charge in [0.15, 0.2) is 0 Å². The van der Waals surface area contributed by atoms with Crippen LogP contribution in [0.2, 0.25) is 0 Å². The van der Waals surface area contributed by atoms with Crippen molar-refractivity contribution in [2.24, 2.45) is 11.8 Å². The van der Waals surface area contributed by atoms with Crippen LogP contribution >= 0.6 is 0 Å². The molecule has 0 aliphatic carbocycles. The van der Waals surface area contributed by atoms with E-state index in [1.165, 1.54) is 20.0 Å². The SMILES string of the molecule is CC/C=C/[C@@H](CC)C[C@H](C)Cc1cc(CC)c(CC(=O)OC)o1. The maximum atomic E-state index is 11.5. The van der Waals surface area contributed by atoms with Gasteiger partial charge in [0.1, 0.15) is 17.9 Å².